The van der Waals surface area contributed by atoms with Gasteiger partial charge in [0, 0.05) is 4.47 Å². The van der Waals surface area contributed by atoms with E-state index in [1.807, 2.05) is 36.4 Å². The Balaban J connectivity index is 2.50. The summed E-state index contributed by atoms with van der Waals surface area (Å²) in [6.45, 7) is 0. The van der Waals surface area contributed by atoms with Gasteiger partial charge in [-0.1, -0.05) is 46.3 Å². The van der Waals surface area contributed by atoms with E-state index in [-0.39, 0.29) is 0 Å². The van der Waals surface area contributed by atoms with Crippen molar-refractivity contribution in [1.82, 2.24) is 0 Å². The molecule has 88 valence electrons. The third-order valence-corrected chi connectivity index (χ3v) is 3.71. The lowest BCUT2D eigenvalue weighted by atomic mass is 10.00. The summed E-state index contributed by atoms with van der Waals surface area (Å²) >= 11 is 3.55. The monoisotopic (exact) mass is 300 g/mol. The van der Waals surface area contributed by atoms with Crippen molar-refractivity contribution in [1.29, 1.82) is 0 Å². The molecule has 0 aliphatic carbocycles. The van der Waals surface area contributed by atoms with Crippen LogP contribution in [0.3, 0.4) is 0 Å². The van der Waals surface area contributed by atoms with Crippen LogP contribution in [0.4, 0.5) is 0 Å². The summed E-state index contributed by atoms with van der Waals surface area (Å²) in [5.41, 5.74) is 0.315. The minimum absolute atomic E-state index is 0.315. The topological polar surface area (TPSA) is 37.3 Å². The first kappa shape index (κ1) is 11.2. The number of carbonyl (C=O) groups is 1. The highest BCUT2D eigenvalue weighted by atomic mass is 79.9. The SMILES string of the molecule is O=C(O)c1ccc2cc(Br)c3ccccc3c2c1. The van der Waals surface area contributed by atoms with E-state index in [1.54, 1.807) is 12.1 Å². The van der Waals surface area contributed by atoms with E-state index in [4.69, 9.17) is 5.11 Å². The number of carboxylic acids is 1. The first-order valence-corrected chi connectivity index (χ1v) is 6.30. The Morgan fingerprint density at radius 2 is 1.67 bits per heavy atom. The van der Waals surface area contributed by atoms with E-state index >= 15 is 0 Å². The number of benzene rings is 3. The molecule has 2 nitrogen and oxygen atoms in total. The molecule has 18 heavy (non-hydrogen) atoms. The van der Waals surface area contributed by atoms with Crippen LogP contribution in [0.2, 0.25) is 0 Å². The summed E-state index contributed by atoms with van der Waals surface area (Å²) in [6, 6.07) is 15.2. The fourth-order valence-electron chi connectivity index (χ4n) is 2.19. The maximum absolute atomic E-state index is 11.0. The van der Waals surface area contributed by atoms with Gasteiger partial charge in [-0.2, -0.15) is 0 Å². The Bertz CT molecular complexity index is 778. The van der Waals surface area contributed by atoms with Gasteiger partial charge in [0.2, 0.25) is 0 Å². The van der Waals surface area contributed by atoms with Gasteiger partial charge < -0.3 is 5.11 Å². The van der Waals surface area contributed by atoms with Crippen LogP contribution >= 0.6 is 15.9 Å². The minimum Gasteiger partial charge on any atom is -0.478 e. The summed E-state index contributed by atoms with van der Waals surface area (Å²) in [5.74, 6) is -0.899. The highest BCUT2D eigenvalue weighted by Crippen LogP contribution is 2.32. The van der Waals surface area contributed by atoms with Gasteiger partial charge in [0.25, 0.3) is 0 Å². The smallest absolute Gasteiger partial charge is 0.335 e. The van der Waals surface area contributed by atoms with Crippen LogP contribution in [0.1, 0.15) is 10.4 Å². The number of carboxylic acid groups (broad SMARTS) is 1. The molecule has 1 N–H and O–H groups in total. The number of halogens is 1. The molecule has 0 aromatic heterocycles. The van der Waals surface area contributed by atoms with Crippen molar-refractivity contribution in [2.75, 3.05) is 0 Å². The first-order valence-electron chi connectivity index (χ1n) is 5.51. The standard InChI is InChI=1S/C15H9BrO2/c16-14-8-9-5-6-10(15(17)18)7-13(9)11-3-1-2-4-12(11)14/h1-8H,(H,17,18). The lowest BCUT2D eigenvalue weighted by Gasteiger charge is -2.07. The number of hydrogen-bond acceptors (Lipinski definition) is 1. The van der Waals surface area contributed by atoms with Crippen molar-refractivity contribution in [3.8, 4) is 0 Å². The van der Waals surface area contributed by atoms with Crippen LogP contribution in [0, 0.1) is 0 Å². The molecule has 3 aromatic rings. The second-order valence-electron chi connectivity index (χ2n) is 4.15. The Hall–Kier alpha value is -1.87. The van der Waals surface area contributed by atoms with Gasteiger partial charge in [0.1, 0.15) is 0 Å². The zero-order valence-electron chi connectivity index (χ0n) is 9.35. The molecule has 3 aromatic carbocycles. The molecule has 0 spiro atoms. The molecular formula is C15H9BrO2. The van der Waals surface area contributed by atoms with Crippen molar-refractivity contribution in [2.45, 2.75) is 0 Å². The van der Waals surface area contributed by atoms with Crippen molar-refractivity contribution in [3.63, 3.8) is 0 Å². The van der Waals surface area contributed by atoms with Crippen LogP contribution in [-0.2, 0) is 0 Å². The maximum atomic E-state index is 11.0. The molecule has 0 unspecified atom stereocenters. The normalized spacial score (nSPS) is 10.9. The zero-order chi connectivity index (χ0) is 12.7. The Morgan fingerprint density at radius 3 is 2.39 bits per heavy atom. The average Bonchev–Trinajstić information content (AvgIpc) is 2.38. The van der Waals surface area contributed by atoms with E-state index < -0.39 is 5.97 Å². The molecule has 0 saturated heterocycles. The number of hydrogen-bond donors (Lipinski definition) is 1. The third kappa shape index (κ3) is 1.68. The second-order valence-corrected chi connectivity index (χ2v) is 5.00. The van der Waals surface area contributed by atoms with Crippen molar-refractivity contribution in [2.24, 2.45) is 0 Å². The fourth-order valence-corrected chi connectivity index (χ4v) is 2.78. The molecule has 0 saturated carbocycles. The van der Waals surface area contributed by atoms with Gasteiger partial charge in [0.05, 0.1) is 5.56 Å². The number of fused-ring (bicyclic) bond motifs is 3. The van der Waals surface area contributed by atoms with Crippen LogP contribution < -0.4 is 0 Å². The van der Waals surface area contributed by atoms with Crippen LogP contribution in [-0.4, -0.2) is 11.1 Å². The molecule has 0 aliphatic heterocycles. The number of aromatic carboxylic acids is 1. The van der Waals surface area contributed by atoms with Gasteiger partial charge >= 0.3 is 5.97 Å². The molecular weight excluding hydrogens is 292 g/mol. The van der Waals surface area contributed by atoms with Crippen molar-refractivity contribution < 1.29 is 9.90 Å². The minimum atomic E-state index is -0.899. The van der Waals surface area contributed by atoms with Gasteiger partial charge in [-0.15, -0.1) is 0 Å². The van der Waals surface area contributed by atoms with Crippen LogP contribution in [0.15, 0.2) is 53.0 Å². The van der Waals surface area contributed by atoms with Gasteiger partial charge in [-0.3, -0.25) is 0 Å². The predicted molar refractivity (Wildman–Crippen MR) is 76.1 cm³/mol. The Labute approximate surface area is 112 Å². The summed E-state index contributed by atoms with van der Waals surface area (Å²) in [5, 5.41) is 13.2. The first-order chi connectivity index (χ1) is 8.66. The average molecular weight is 301 g/mol. The molecule has 0 heterocycles. The van der Waals surface area contributed by atoms with Crippen LogP contribution in [0.5, 0.6) is 0 Å². The molecule has 0 radical (unpaired) electrons. The lowest BCUT2D eigenvalue weighted by molar-refractivity contribution is 0.0697. The van der Waals surface area contributed by atoms with E-state index in [1.165, 1.54) is 0 Å². The molecule has 0 amide bonds. The van der Waals surface area contributed by atoms with Gasteiger partial charge in [0.15, 0.2) is 0 Å². The zero-order valence-corrected chi connectivity index (χ0v) is 10.9. The summed E-state index contributed by atoms with van der Waals surface area (Å²) in [6.07, 6.45) is 0. The third-order valence-electron chi connectivity index (χ3n) is 3.06. The largest absolute Gasteiger partial charge is 0.478 e. The second kappa shape index (κ2) is 4.10. The Morgan fingerprint density at radius 1 is 0.944 bits per heavy atom. The highest BCUT2D eigenvalue weighted by Gasteiger charge is 2.08. The Kier molecular flexibility index (Phi) is 2.56. The predicted octanol–water partition coefficient (Wildman–Crippen LogP) is 4.45. The lowest BCUT2D eigenvalue weighted by Crippen LogP contribution is -1.95. The van der Waals surface area contributed by atoms with Gasteiger partial charge in [-0.05, 0) is 39.7 Å². The fraction of sp³-hybridized carbons (Fsp3) is 0. The molecule has 0 fully saturated rings. The van der Waals surface area contributed by atoms with E-state index in [0.29, 0.717) is 5.56 Å². The molecule has 3 rings (SSSR count). The summed E-state index contributed by atoms with van der Waals surface area (Å²) < 4.78 is 1.02. The van der Waals surface area contributed by atoms with Crippen molar-refractivity contribution >= 4 is 43.4 Å². The molecule has 0 aliphatic rings. The summed E-state index contributed by atoms with van der Waals surface area (Å²) in [7, 11) is 0. The molecule has 3 heteroatoms. The number of rotatable bonds is 1. The molecule has 0 atom stereocenters. The van der Waals surface area contributed by atoms with Crippen LogP contribution in [0.25, 0.3) is 21.5 Å². The maximum Gasteiger partial charge on any atom is 0.335 e. The van der Waals surface area contributed by atoms with E-state index in [9.17, 15) is 4.79 Å². The van der Waals surface area contributed by atoms with E-state index in [0.717, 1.165) is 26.0 Å². The highest BCUT2D eigenvalue weighted by molar-refractivity contribution is 9.10. The molecule has 0 bridgehead atoms. The van der Waals surface area contributed by atoms with Crippen molar-refractivity contribution in [3.05, 3.63) is 58.6 Å². The quantitative estimate of drug-likeness (QED) is 0.674. The van der Waals surface area contributed by atoms with E-state index in [2.05, 4.69) is 15.9 Å². The summed E-state index contributed by atoms with van der Waals surface area (Å²) in [4.78, 5) is 11.0. The van der Waals surface area contributed by atoms with Gasteiger partial charge in [-0.25, -0.2) is 4.79 Å².